The molecular weight excluding hydrogens is 224 g/mol. The van der Waals surface area contributed by atoms with Gasteiger partial charge < -0.3 is 9.72 Å². The molecule has 0 saturated carbocycles. The van der Waals surface area contributed by atoms with Gasteiger partial charge in [-0.3, -0.25) is 4.90 Å². The third kappa shape index (κ3) is 2.26. The Labute approximate surface area is 108 Å². The lowest BCUT2D eigenvalue weighted by molar-refractivity contribution is 0.164. The highest BCUT2D eigenvalue weighted by Gasteiger charge is 2.18. The fraction of sp³-hybridized carbons (Fsp3) is 0.500. The van der Waals surface area contributed by atoms with Crippen molar-refractivity contribution in [3.63, 3.8) is 0 Å². The molecule has 1 saturated heterocycles. The maximum atomic E-state index is 4.68. The van der Waals surface area contributed by atoms with E-state index in [1.807, 2.05) is 0 Å². The quantitative estimate of drug-likeness (QED) is 0.867. The minimum Gasteiger partial charge on any atom is -0.314 e. The van der Waals surface area contributed by atoms with E-state index in [1.165, 1.54) is 5.56 Å². The highest BCUT2D eigenvalue weighted by Crippen LogP contribution is 2.12. The number of hydrogen-bond donors (Lipinski definition) is 1. The molecule has 0 bridgehead atoms. The van der Waals surface area contributed by atoms with Crippen LogP contribution in [-0.4, -0.2) is 40.0 Å². The smallest absolute Gasteiger partial charge is 0.137 e. The zero-order valence-corrected chi connectivity index (χ0v) is 11.1. The Bertz CT molecular complexity index is 546. The van der Waals surface area contributed by atoms with Crippen molar-refractivity contribution < 1.29 is 0 Å². The first-order valence-corrected chi connectivity index (χ1v) is 6.61. The van der Waals surface area contributed by atoms with Crippen LogP contribution in [0.5, 0.6) is 0 Å². The summed E-state index contributed by atoms with van der Waals surface area (Å²) in [5, 5.41) is 3.42. The van der Waals surface area contributed by atoms with Gasteiger partial charge in [-0.1, -0.05) is 6.07 Å². The molecule has 0 spiro atoms. The van der Waals surface area contributed by atoms with Crippen LogP contribution in [0.15, 0.2) is 24.5 Å². The van der Waals surface area contributed by atoms with E-state index in [9.17, 15) is 0 Å². The lowest BCUT2D eigenvalue weighted by Crippen LogP contribution is -2.49. The summed E-state index contributed by atoms with van der Waals surface area (Å²) < 4.78 is 2.12. The number of hydrogen-bond acceptors (Lipinski definition) is 3. The Morgan fingerprint density at radius 3 is 3.11 bits per heavy atom. The van der Waals surface area contributed by atoms with Crippen molar-refractivity contribution in [1.29, 1.82) is 0 Å². The Morgan fingerprint density at radius 2 is 2.28 bits per heavy atom. The maximum absolute atomic E-state index is 4.68. The molecule has 1 aliphatic rings. The number of piperazine rings is 1. The molecule has 0 aliphatic carbocycles. The van der Waals surface area contributed by atoms with E-state index in [0.717, 1.165) is 37.5 Å². The van der Waals surface area contributed by atoms with Crippen LogP contribution < -0.4 is 5.32 Å². The Kier molecular flexibility index (Phi) is 3.06. The van der Waals surface area contributed by atoms with Gasteiger partial charge >= 0.3 is 0 Å². The monoisotopic (exact) mass is 244 g/mol. The normalized spacial score (nSPS) is 21.6. The summed E-state index contributed by atoms with van der Waals surface area (Å²) in [6.07, 6.45) is 4.28. The van der Waals surface area contributed by atoms with Crippen molar-refractivity contribution in [3.05, 3.63) is 35.8 Å². The van der Waals surface area contributed by atoms with Gasteiger partial charge in [-0.05, 0) is 25.5 Å². The third-order valence-corrected chi connectivity index (χ3v) is 3.65. The predicted octanol–water partition coefficient (Wildman–Crippen LogP) is 1.44. The van der Waals surface area contributed by atoms with Gasteiger partial charge in [0.2, 0.25) is 0 Å². The third-order valence-electron chi connectivity index (χ3n) is 3.65. The molecule has 18 heavy (non-hydrogen) atoms. The minimum atomic E-state index is 0.588. The van der Waals surface area contributed by atoms with Gasteiger partial charge in [-0.2, -0.15) is 0 Å². The maximum Gasteiger partial charge on any atom is 0.137 e. The summed E-state index contributed by atoms with van der Waals surface area (Å²) in [6, 6.07) is 4.78. The molecule has 3 heterocycles. The summed E-state index contributed by atoms with van der Waals surface area (Å²) >= 11 is 0. The van der Waals surface area contributed by atoms with E-state index in [1.54, 1.807) is 0 Å². The SMILES string of the molecule is Cc1ccc2nc(CN3CCNC[C@@H]3C)cn2c1. The van der Waals surface area contributed by atoms with Gasteiger partial charge in [0.1, 0.15) is 5.65 Å². The molecule has 0 aromatic carbocycles. The molecular formula is C14H20N4. The number of rotatable bonds is 2. The number of nitrogens with one attached hydrogen (secondary N) is 1. The molecule has 1 fully saturated rings. The highest BCUT2D eigenvalue weighted by molar-refractivity contribution is 5.41. The van der Waals surface area contributed by atoms with E-state index in [0.29, 0.717) is 6.04 Å². The fourth-order valence-electron chi connectivity index (χ4n) is 2.56. The van der Waals surface area contributed by atoms with Gasteiger partial charge in [-0.15, -0.1) is 0 Å². The van der Waals surface area contributed by atoms with Crippen LogP contribution in [0.4, 0.5) is 0 Å². The molecule has 4 nitrogen and oxygen atoms in total. The first kappa shape index (κ1) is 11.7. The molecule has 0 radical (unpaired) electrons. The van der Waals surface area contributed by atoms with Crippen LogP contribution in [0.25, 0.3) is 5.65 Å². The van der Waals surface area contributed by atoms with Gasteiger partial charge in [0.05, 0.1) is 5.69 Å². The summed E-state index contributed by atoms with van der Waals surface area (Å²) in [7, 11) is 0. The van der Waals surface area contributed by atoms with E-state index in [4.69, 9.17) is 0 Å². The summed E-state index contributed by atoms with van der Waals surface area (Å²) in [5.41, 5.74) is 3.47. The number of nitrogens with zero attached hydrogens (tertiary/aromatic N) is 3. The van der Waals surface area contributed by atoms with Gasteiger partial charge in [0.25, 0.3) is 0 Å². The summed E-state index contributed by atoms with van der Waals surface area (Å²) in [6.45, 7) is 8.59. The average molecular weight is 244 g/mol. The number of imidazole rings is 1. The molecule has 1 aliphatic heterocycles. The largest absolute Gasteiger partial charge is 0.314 e. The Morgan fingerprint density at radius 1 is 1.39 bits per heavy atom. The average Bonchev–Trinajstić information content (AvgIpc) is 2.73. The first-order chi connectivity index (χ1) is 8.72. The van der Waals surface area contributed by atoms with Crippen molar-refractivity contribution in [1.82, 2.24) is 19.6 Å². The summed E-state index contributed by atoms with van der Waals surface area (Å²) in [5.74, 6) is 0. The molecule has 1 atom stereocenters. The van der Waals surface area contributed by atoms with E-state index in [-0.39, 0.29) is 0 Å². The molecule has 96 valence electrons. The highest BCUT2D eigenvalue weighted by atomic mass is 15.2. The van der Waals surface area contributed by atoms with Gasteiger partial charge in [-0.25, -0.2) is 4.98 Å². The zero-order chi connectivity index (χ0) is 12.5. The van der Waals surface area contributed by atoms with Crippen LogP contribution in [-0.2, 0) is 6.54 Å². The Balaban J connectivity index is 1.81. The number of aryl methyl sites for hydroxylation is 1. The second-order valence-electron chi connectivity index (χ2n) is 5.23. The first-order valence-electron chi connectivity index (χ1n) is 6.61. The minimum absolute atomic E-state index is 0.588. The molecule has 3 rings (SSSR count). The fourth-order valence-corrected chi connectivity index (χ4v) is 2.56. The second kappa shape index (κ2) is 4.71. The van der Waals surface area contributed by atoms with E-state index >= 15 is 0 Å². The number of fused-ring (bicyclic) bond motifs is 1. The van der Waals surface area contributed by atoms with Crippen LogP contribution >= 0.6 is 0 Å². The van der Waals surface area contributed by atoms with Gasteiger partial charge in [0.15, 0.2) is 0 Å². The van der Waals surface area contributed by atoms with Crippen molar-refractivity contribution in [2.75, 3.05) is 19.6 Å². The van der Waals surface area contributed by atoms with Crippen LogP contribution in [0.1, 0.15) is 18.2 Å². The van der Waals surface area contributed by atoms with Crippen molar-refractivity contribution in [2.24, 2.45) is 0 Å². The molecule has 1 N–H and O–H groups in total. The topological polar surface area (TPSA) is 32.6 Å². The molecule has 2 aromatic heterocycles. The standard InChI is InChI=1S/C14H20N4/c1-11-3-4-14-16-13(10-18(14)8-11)9-17-6-5-15-7-12(17)2/h3-4,8,10,12,15H,5-7,9H2,1-2H3/t12-/m0/s1. The van der Waals surface area contributed by atoms with Crippen molar-refractivity contribution in [2.45, 2.75) is 26.4 Å². The number of pyridine rings is 1. The molecule has 2 aromatic rings. The Hall–Kier alpha value is -1.39. The van der Waals surface area contributed by atoms with Crippen molar-refractivity contribution >= 4 is 5.65 Å². The van der Waals surface area contributed by atoms with Crippen LogP contribution in [0.2, 0.25) is 0 Å². The predicted molar refractivity (Wildman–Crippen MR) is 72.7 cm³/mol. The zero-order valence-electron chi connectivity index (χ0n) is 11.1. The molecule has 0 unspecified atom stereocenters. The van der Waals surface area contributed by atoms with Gasteiger partial charge in [0, 0.05) is 44.6 Å². The summed E-state index contributed by atoms with van der Waals surface area (Å²) in [4.78, 5) is 7.17. The van der Waals surface area contributed by atoms with Crippen LogP contribution in [0, 0.1) is 6.92 Å². The van der Waals surface area contributed by atoms with Crippen molar-refractivity contribution in [3.8, 4) is 0 Å². The lowest BCUT2D eigenvalue weighted by Gasteiger charge is -2.33. The van der Waals surface area contributed by atoms with Crippen LogP contribution in [0.3, 0.4) is 0 Å². The van der Waals surface area contributed by atoms with E-state index in [2.05, 4.69) is 58.0 Å². The lowest BCUT2D eigenvalue weighted by atomic mass is 10.2. The molecule has 0 amide bonds. The molecule has 4 heteroatoms. The van der Waals surface area contributed by atoms with E-state index < -0.39 is 0 Å². The second-order valence-corrected chi connectivity index (χ2v) is 5.23. The number of aromatic nitrogens is 2.